The third kappa shape index (κ3) is 4.24. The monoisotopic (exact) mass is 303 g/mol. The van der Waals surface area contributed by atoms with E-state index in [9.17, 15) is 18.0 Å². The molecule has 0 atom stereocenters. The van der Waals surface area contributed by atoms with Gasteiger partial charge >= 0.3 is 12.3 Å². The molecule has 0 spiro atoms. The summed E-state index contributed by atoms with van der Waals surface area (Å²) < 4.78 is 38.0. The van der Waals surface area contributed by atoms with Crippen LogP contribution in [0.1, 0.15) is 18.4 Å². The van der Waals surface area contributed by atoms with Crippen LogP contribution in [-0.4, -0.2) is 35.8 Å². The first-order valence-corrected chi connectivity index (χ1v) is 6.61. The van der Waals surface area contributed by atoms with E-state index in [1.165, 1.54) is 0 Å². The van der Waals surface area contributed by atoms with Crippen molar-refractivity contribution in [3.05, 3.63) is 23.9 Å². The molecule has 0 saturated carbocycles. The van der Waals surface area contributed by atoms with E-state index in [2.05, 4.69) is 10.3 Å². The molecule has 116 valence electrons. The molecule has 1 saturated heterocycles. The SMILES string of the molecule is O=C(O)NCC1CCN(c2cc(C(F)(F)F)ccn2)CC1. The van der Waals surface area contributed by atoms with Crippen LogP contribution in [-0.2, 0) is 6.18 Å². The smallest absolute Gasteiger partial charge is 0.416 e. The summed E-state index contributed by atoms with van der Waals surface area (Å²) >= 11 is 0. The third-order valence-electron chi connectivity index (χ3n) is 3.55. The van der Waals surface area contributed by atoms with Gasteiger partial charge in [0, 0.05) is 25.8 Å². The summed E-state index contributed by atoms with van der Waals surface area (Å²) in [6.45, 7) is 1.51. The van der Waals surface area contributed by atoms with Crippen molar-refractivity contribution in [2.45, 2.75) is 19.0 Å². The predicted molar refractivity (Wildman–Crippen MR) is 70.2 cm³/mol. The van der Waals surface area contributed by atoms with Gasteiger partial charge in [0.2, 0.25) is 0 Å². The Morgan fingerprint density at radius 2 is 2.10 bits per heavy atom. The van der Waals surface area contributed by atoms with Gasteiger partial charge in [-0.25, -0.2) is 9.78 Å². The first-order valence-electron chi connectivity index (χ1n) is 6.61. The second kappa shape index (κ2) is 6.19. The second-order valence-corrected chi connectivity index (χ2v) is 5.02. The Hall–Kier alpha value is -1.99. The summed E-state index contributed by atoms with van der Waals surface area (Å²) in [4.78, 5) is 16.2. The second-order valence-electron chi connectivity index (χ2n) is 5.02. The number of halogens is 3. The number of hydrogen-bond donors (Lipinski definition) is 2. The Morgan fingerprint density at radius 1 is 1.43 bits per heavy atom. The van der Waals surface area contributed by atoms with Crippen LogP contribution in [0.25, 0.3) is 0 Å². The van der Waals surface area contributed by atoms with Crippen molar-refractivity contribution >= 4 is 11.9 Å². The zero-order chi connectivity index (χ0) is 15.5. The number of carboxylic acid groups (broad SMARTS) is 1. The Labute approximate surface area is 119 Å². The van der Waals surface area contributed by atoms with Crippen molar-refractivity contribution in [3.63, 3.8) is 0 Å². The van der Waals surface area contributed by atoms with Crippen molar-refractivity contribution in [3.8, 4) is 0 Å². The number of nitrogens with one attached hydrogen (secondary N) is 1. The Morgan fingerprint density at radius 3 is 2.67 bits per heavy atom. The molecule has 1 aliphatic heterocycles. The van der Waals surface area contributed by atoms with Gasteiger partial charge in [0.15, 0.2) is 0 Å². The molecule has 0 unspecified atom stereocenters. The number of anilines is 1. The van der Waals surface area contributed by atoms with Crippen LogP contribution in [0.5, 0.6) is 0 Å². The van der Waals surface area contributed by atoms with Gasteiger partial charge in [-0.3, -0.25) is 0 Å². The highest BCUT2D eigenvalue weighted by Crippen LogP contribution is 2.31. The molecule has 1 aromatic rings. The lowest BCUT2D eigenvalue weighted by Gasteiger charge is -2.32. The summed E-state index contributed by atoms with van der Waals surface area (Å²) in [7, 11) is 0. The van der Waals surface area contributed by atoms with E-state index < -0.39 is 17.8 Å². The van der Waals surface area contributed by atoms with Crippen molar-refractivity contribution in [2.24, 2.45) is 5.92 Å². The topological polar surface area (TPSA) is 65.5 Å². The number of rotatable bonds is 3. The lowest BCUT2D eigenvalue weighted by Crippen LogP contribution is -2.38. The maximum absolute atomic E-state index is 12.7. The molecular formula is C13H16F3N3O2. The fourth-order valence-electron chi connectivity index (χ4n) is 2.37. The highest BCUT2D eigenvalue weighted by atomic mass is 19.4. The van der Waals surface area contributed by atoms with E-state index in [0.717, 1.165) is 31.2 Å². The van der Waals surface area contributed by atoms with E-state index in [4.69, 9.17) is 5.11 Å². The van der Waals surface area contributed by atoms with Gasteiger partial charge in [-0.05, 0) is 30.9 Å². The van der Waals surface area contributed by atoms with Gasteiger partial charge in [0.05, 0.1) is 5.56 Å². The minimum absolute atomic E-state index is 0.211. The van der Waals surface area contributed by atoms with Crippen molar-refractivity contribution in [1.29, 1.82) is 0 Å². The van der Waals surface area contributed by atoms with E-state index in [1.54, 1.807) is 4.90 Å². The number of alkyl halides is 3. The van der Waals surface area contributed by atoms with Gasteiger partial charge in [0.1, 0.15) is 5.82 Å². The van der Waals surface area contributed by atoms with E-state index in [-0.39, 0.29) is 5.92 Å². The fourth-order valence-corrected chi connectivity index (χ4v) is 2.37. The summed E-state index contributed by atoms with van der Waals surface area (Å²) in [5, 5.41) is 10.9. The van der Waals surface area contributed by atoms with Crippen LogP contribution in [0.15, 0.2) is 18.3 Å². The molecule has 1 aliphatic rings. The van der Waals surface area contributed by atoms with Crippen LogP contribution in [0.4, 0.5) is 23.8 Å². The zero-order valence-electron chi connectivity index (χ0n) is 11.2. The maximum atomic E-state index is 12.7. The lowest BCUT2D eigenvalue weighted by molar-refractivity contribution is -0.137. The molecule has 8 heteroatoms. The van der Waals surface area contributed by atoms with Gasteiger partial charge in [-0.2, -0.15) is 13.2 Å². The maximum Gasteiger partial charge on any atom is 0.416 e. The molecule has 2 rings (SSSR count). The predicted octanol–water partition coefficient (Wildman–Crippen LogP) is 2.58. The Kier molecular flexibility index (Phi) is 4.54. The molecule has 0 bridgehead atoms. The van der Waals surface area contributed by atoms with Gasteiger partial charge < -0.3 is 15.3 Å². The van der Waals surface area contributed by atoms with E-state index >= 15 is 0 Å². The van der Waals surface area contributed by atoms with Gasteiger partial charge in [-0.15, -0.1) is 0 Å². The average molecular weight is 303 g/mol. The molecule has 1 aromatic heterocycles. The molecule has 2 N–H and O–H groups in total. The van der Waals surface area contributed by atoms with E-state index in [1.807, 2.05) is 0 Å². The quantitative estimate of drug-likeness (QED) is 0.901. The Bertz CT molecular complexity index is 500. The van der Waals surface area contributed by atoms with Crippen molar-refractivity contribution in [1.82, 2.24) is 10.3 Å². The van der Waals surface area contributed by atoms with Gasteiger partial charge in [-0.1, -0.05) is 0 Å². The molecular weight excluding hydrogens is 287 g/mol. The molecule has 5 nitrogen and oxygen atoms in total. The van der Waals surface area contributed by atoms with Crippen molar-refractivity contribution < 1.29 is 23.1 Å². The number of amides is 1. The molecule has 1 amide bonds. The molecule has 0 radical (unpaired) electrons. The highest BCUT2D eigenvalue weighted by Gasteiger charge is 2.31. The highest BCUT2D eigenvalue weighted by molar-refractivity contribution is 5.64. The lowest BCUT2D eigenvalue weighted by atomic mass is 9.97. The Balaban J connectivity index is 1.95. The van der Waals surface area contributed by atoms with E-state index in [0.29, 0.717) is 25.5 Å². The number of hydrogen-bond acceptors (Lipinski definition) is 3. The number of nitrogens with zero attached hydrogens (tertiary/aromatic N) is 2. The van der Waals surface area contributed by atoms with Crippen LogP contribution >= 0.6 is 0 Å². The van der Waals surface area contributed by atoms with Crippen LogP contribution in [0, 0.1) is 5.92 Å². The van der Waals surface area contributed by atoms with Crippen LogP contribution in [0.2, 0.25) is 0 Å². The minimum atomic E-state index is -4.37. The molecule has 21 heavy (non-hydrogen) atoms. The largest absolute Gasteiger partial charge is 0.465 e. The summed E-state index contributed by atoms with van der Waals surface area (Å²) in [6.07, 6.45) is -2.83. The fraction of sp³-hybridized carbons (Fsp3) is 0.538. The normalized spacial score (nSPS) is 16.8. The number of piperidine rings is 1. The number of pyridine rings is 1. The van der Waals surface area contributed by atoms with Crippen molar-refractivity contribution in [2.75, 3.05) is 24.5 Å². The summed E-state index contributed by atoms with van der Waals surface area (Å²) in [6, 6.07) is 2.00. The first kappa shape index (κ1) is 15.4. The van der Waals surface area contributed by atoms with Crippen LogP contribution < -0.4 is 10.2 Å². The first-order chi connectivity index (χ1) is 9.86. The third-order valence-corrected chi connectivity index (χ3v) is 3.55. The zero-order valence-corrected chi connectivity index (χ0v) is 11.2. The number of aromatic nitrogens is 1. The summed E-state index contributed by atoms with van der Waals surface area (Å²) in [5.41, 5.74) is -0.706. The molecule has 0 aliphatic carbocycles. The standard InChI is InChI=1S/C13H16F3N3O2/c14-13(15,16)10-1-4-17-11(7-10)19-5-2-9(3-6-19)8-18-12(20)21/h1,4,7,9,18H,2-3,5-6,8H2,(H,20,21). The minimum Gasteiger partial charge on any atom is -0.465 e. The van der Waals surface area contributed by atoms with Crippen LogP contribution in [0.3, 0.4) is 0 Å². The summed E-state index contributed by atoms with van der Waals surface area (Å²) in [5.74, 6) is 0.526. The molecule has 2 heterocycles. The number of carbonyl (C=O) groups is 1. The molecule has 0 aromatic carbocycles. The molecule has 1 fully saturated rings. The average Bonchev–Trinajstić information content (AvgIpc) is 2.45. The van der Waals surface area contributed by atoms with Gasteiger partial charge in [0.25, 0.3) is 0 Å².